The van der Waals surface area contributed by atoms with Gasteiger partial charge in [0.15, 0.2) is 0 Å². The largest absolute Gasteiger partial charge is 0.441 e. The Labute approximate surface area is 123 Å². The van der Waals surface area contributed by atoms with E-state index >= 15 is 0 Å². The van der Waals surface area contributed by atoms with E-state index in [0.717, 1.165) is 49.3 Å². The van der Waals surface area contributed by atoms with Gasteiger partial charge in [0.1, 0.15) is 5.76 Å². The normalized spacial score (nSPS) is 16.0. The second-order valence-corrected chi connectivity index (χ2v) is 5.66. The minimum absolute atomic E-state index is 0.726. The predicted octanol–water partition coefficient (Wildman–Crippen LogP) is 2.51. The van der Waals surface area contributed by atoms with Crippen molar-refractivity contribution in [3.05, 3.63) is 47.6 Å². The Morgan fingerprint density at radius 3 is 3.24 bits per heavy atom. The molecule has 5 nitrogen and oxygen atoms in total. The Morgan fingerprint density at radius 1 is 1.38 bits per heavy atom. The number of rotatable bonds is 2. The minimum Gasteiger partial charge on any atom is -0.441 e. The van der Waals surface area contributed by atoms with Gasteiger partial charge in [0.2, 0.25) is 5.71 Å². The van der Waals surface area contributed by atoms with Crippen molar-refractivity contribution in [3.63, 3.8) is 0 Å². The lowest BCUT2D eigenvalue weighted by Crippen LogP contribution is -2.22. The van der Waals surface area contributed by atoms with Gasteiger partial charge < -0.3 is 4.42 Å². The average Bonchev–Trinajstić information content (AvgIpc) is 2.96. The zero-order valence-electron chi connectivity index (χ0n) is 12.1. The molecule has 21 heavy (non-hydrogen) atoms. The highest BCUT2D eigenvalue weighted by Gasteiger charge is 2.18. The number of furan rings is 1. The first kappa shape index (κ1) is 12.6. The van der Waals surface area contributed by atoms with E-state index < -0.39 is 0 Å². The van der Waals surface area contributed by atoms with E-state index in [4.69, 9.17) is 4.42 Å². The van der Waals surface area contributed by atoms with Crippen LogP contribution in [0.2, 0.25) is 0 Å². The van der Waals surface area contributed by atoms with Crippen molar-refractivity contribution in [3.8, 4) is 0 Å². The quantitative estimate of drug-likeness (QED) is 0.724. The van der Waals surface area contributed by atoms with Crippen molar-refractivity contribution >= 4 is 11.1 Å². The second-order valence-electron chi connectivity index (χ2n) is 5.66. The van der Waals surface area contributed by atoms with Crippen molar-refractivity contribution in [2.75, 3.05) is 6.54 Å². The van der Waals surface area contributed by atoms with E-state index in [1.165, 1.54) is 11.3 Å². The van der Waals surface area contributed by atoms with Gasteiger partial charge >= 0.3 is 0 Å². The highest BCUT2D eigenvalue weighted by atomic mass is 16.3. The maximum atomic E-state index is 5.83. The van der Waals surface area contributed by atoms with Crippen LogP contribution in [0.15, 0.2) is 35.0 Å². The molecule has 0 fully saturated rings. The lowest BCUT2D eigenvalue weighted by molar-refractivity contribution is 0.241. The lowest BCUT2D eigenvalue weighted by atomic mass is 10.2. The summed E-state index contributed by atoms with van der Waals surface area (Å²) in [5.74, 6) is 0.982. The van der Waals surface area contributed by atoms with E-state index in [1.807, 2.05) is 30.1 Å². The maximum Gasteiger partial charge on any atom is 0.226 e. The van der Waals surface area contributed by atoms with Crippen molar-refractivity contribution < 1.29 is 4.42 Å². The summed E-state index contributed by atoms with van der Waals surface area (Å²) in [5.41, 5.74) is 3.43. The van der Waals surface area contributed by atoms with Gasteiger partial charge in [-0.15, -0.1) is 0 Å². The SMILES string of the molecule is Cn1ncc2c1CCCN(Cc1cc3cccnc3o1)C2. The molecular formula is C16H18N4O. The number of pyridine rings is 1. The molecule has 0 aromatic carbocycles. The van der Waals surface area contributed by atoms with Crippen LogP contribution in [0.4, 0.5) is 0 Å². The standard InChI is InChI=1S/C16H18N4O/c1-19-15-5-3-7-20(10-13(15)9-18-19)11-14-8-12-4-2-6-17-16(12)21-14/h2,4,6,8-9H,3,5,7,10-11H2,1H3. The van der Waals surface area contributed by atoms with Crippen molar-refractivity contribution in [1.29, 1.82) is 0 Å². The minimum atomic E-state index is 0.726. The van der Waals surface area contributed by atoms with Crippen molar-refractivity contribution in [2.45, 2.75) is 25.9 Å². The molecule has 0 saturated heterocycles. The van der Waals surface area contributed by atoms with E-state index in [9.17, 15) is 0 Å². The number of hydrogen-bond donors (Lipinski definition) is 0. The fourth-order valence-corrected chi connectivity index (χ4v) is 3.11. The number of fused-ring (bicyclic) bond motifs is 2. The summed E-state index contributed by atoms with van der Waals surface area (Å²) in [7, 11) is 2.03. The van der Waals surface area contributed by atoms with Gasteiger partial charge in [0, 0.05) is 36.4 Å². The summed E-state index contributed by atoms with van der Waals surface area (Å²) >= 11 is 0. The van der Waals surface area contributed by atoms with Crippen LogP contribution < -0.4 is 0 Å². The molecule has 0 amide bonds. The highest BCUT2D eigenvalue weighted by molar-refractivity contribution is 5.73. The maximum absolute atomic E-state index is 5.83. The Kier molecular flexibility index (Phi) is 3.00. The Hall–Kier alpha value is -2.14. The van der Waals surface area contributed by atoms with Gasteiger partial charge in [-0.1, -0.05) is 0 Å². The molecular weight excluding hydrogens is 264 g/mol. The topological polar surface area (TPSA) is 47.1 Å². The Balaban J connectivity index is 1.56. The fourth-order valence-electron chi connectivity index (χ4n) is 3.11. The fraction of sp³-hybridized carbons (Fsp3) is 0.375. The van der Waals surface area contributed by atoms with Crippen molar-refractivity contribution in [2.24, 2.45) is 7.05 Å². The van der Waals surface area contributed by atoms with Crippen LogP contribution in [0.25, 0.3) is 11.1 Å². The van der Waals surface area contributed by atoms with Crippen LogP contribution in [-0.2, 0) is 26.6 Å². The number of hydrogen-bond acceptors (Lipinski definition) is 4. The zero-order chi connectivity index (χ0) is 14.2. The molecule has 0 atom stereocenters. The summed E-state index contributed by atoms with van der Waals surface area (Å²) in [4.78, 5) is 6.68. The highest BCUT2D eigenvalue weighted by Crippen LogP contribution is 2.22. The monoisotopic (exact) mass is 282 g/mol. The summed E-state index contributed by atoms with van der Waals surface area (Å²) in [6, 6.07) is 6.07. The summed E-state index contributed by atoms with van der Waals surface area (Å²) in [6.45, 7) is 2.84. The van der Waals surface area contributed by atoms with E-state index in [2.05, 4.69) is 21.0 Å². The molecule has 5 heteroatoms. The van der Waals surface area contributed by atoms with Crippen molar-refractivity contribution in [1.82, 2.24) is 19.7 Å². The third-order valence-electron chi connectivity index (χ3n) is 4.15. The molecule has 0 saturated carbocycles. The number of nitrogens with zero attached hydrogens (tertiary/aromatic N) is 4. The summed E-state index contributed by atoms with van der Waals surface area (Å²) < 4.78 is 7.84. The lowest BCUT2D eigenvalue weighted by Gasteiger charge is -2.17. The number of aromatic nitrogens is 3. The van der Waals surface area contributed by atoms with Crippen LogP contribution in [0, 0.1) is 0 Å². The van der Waals surface area contributed by atoms with E-state index in [0.29, 0.717) is 0 Å². The first-order chi connectivity index (χ1) is 10.3. The van der Waals surface area contributed by atoms with Gasteiger partial charge in [-0.3, -0.25) is 9.58 Å². The molecule has 0 bridgehead atoms. The van der Waals surface area contributed by atoms with E-state index in [1.54, 1.807) is 6.20 Å². The first-order valence-corrected chi connectivity index (χ1v) is 7.35. The van der Waals surface area contributed by atoms with Crippen LogP contribution in [-0.4, -0.2) is 26.2 Å². The molecule has 0 radical (unpaired) electrons. The van der Waals surface area contributed by atoms with Crippen LogP contribution in [0.5, 0.6) is 0 Å². The molecule has 0 unspecified atom stereocenters. The molecule has 3 aromatic rings. The molecule has 1 aliphatic heterocycles. The third kappa shape index (κ3) is 2.34. The molecule has 0 N–H and O–H groups in total. The van der Waals surface area contributed by atoms with Gasteiger partial charge in [-0.05, 0) is 37.6 Å². The smallest absolute Gasteiger partial charge is 0.226 e. The second kappa shape index (κ2) is 5.00. The summed E-state index contributed by atoms with van der Waals surface area (Å²) in [5, 5.41) is 5.45. The molecule has 0 aliphatic carbocycles. The predicted molar refractivity (Wildman–Crippen MR) is 79.7 cm³/mol. The molecule has 4 heterocycles. The van der Waals surface area contributed by atoms with Crippen LogP contribution in [0.3, 0.4) is 0 Å². The summed E-state index contributed by atoms with van der Waals surface area (Å²) in [6.07, 6.45) is 6.02. The Morgan fingerprint density at radius 2 is 2.33 bits per heavy atom. The van der Waals surface area contributed by atoms with Crippen LogP contribution >= 0.6 is 0 Å². The molecule has 108 valence electrons. The van der Waals surface area contributed by atoms with Crippen LogP contribution in [0.1, 0.15) is 23.4 Å². The van der Waals surface area contributed by atoms with Gasteiger partial charge in [0.05, 0.1) is 12.7 Å². The first-order valence-electron chi connectivity index (χ1n) is 7.35. The average molecular weight is 282 g/mol. The molecule has 1 aliphatic rings. The zero-order valence-corrected chi connectivity index (χ0v) is 12.1. The van der Waals surface area contributed by atoms with Gasteiger partial charge in [-0.25, -0.2) is 4.98 Å². The molecule has 0 spiro atoms. The Bertz CT molecular complexity index is 741. The van der Waals surface area contributed by atoms with Gasteiger partial charge in [-0.2, -0.15) is 5.10 Å². The molecule has 4 rings (SSSR count). The van der Waals surface area contributed by atoms with E-state index in [-0.39, 0.29) is 0 Å². The van der Waals surface area contributed by atoms with Gasteiger partial charge in [0.25, 0.3) is 0 Å². The molecule has 3 aromatic heterocycles. The number of aryl methyl sites for hydroxylation is 1. The third-order valence-corrected chi connectivity index (χ3v) is 4.15.